The standard InChI is InChI=1S/C27H37NO/c1-4-13-27-15-12-24-22(25(27)10-9-23(27)19(2)29)8-7-20-18-21(11-14-26(20,24)3)28-16-5-6-17-28/h7,13,18,22-25H,1,5-6,8-12,14-17H2,2-3H3/t22-,23-,24+,25+,26+,27-/m1/s1. The molecule has 2 saturated carbocycles. The summed E-state index contributed by atoms with van der Waals surface area (Å²) in [5.74, 6) is 2.68. The zero-order valence-electron chi connectivity index (χ0n) is 18.4. The summed E-state index contributed by atoms with van der Waals surface area (Å²) >= 11 is 0. The summed E-state index contributed by atoms with van der Waals surface area (Å²) < 4.78 is 0. The molecule has 29 heavy (non-hydrogen) atoms. The molecule has 0 spiro atoms. The maximum absolute atomic E-state index is 12.5. The Kier molecular flexibility index (Phi) is 4.70. The van der Waals surface area contributed by atoms with Crippen molar-refractivity contribution in [1.82, 2.24) is 4.90 Å². The van der Waals surface area contributed by atoms with Crippen LogP contribution >= 0.6 is 0 Å². The number of allylic oxidation sites excluding steroid dienone is 5. The summed E-state index contributed by atoms with van der Waals surface area (Å²) in [5, 5.41) is 0. The molecule has 1 heterocycles. The Hall–Kier alpha value is -1.53. The predicted octanol–water partition coefficient (Wildman–Crippen LogP) is 6.07. The Labute approximate surface area is 176 Å². The highest BCUT2D eigenvalue weighted by molar-refractivity contribution is 5.80. The number of fused-ring (bicyclic) bond motifs is 5. The third-order valence-electron chi connectivity index (χ3n) is 9.71. The van der Waals surface area contributed by atoms with Crippen molar-refractivity contribution in [3.8, 4) is 0 Å². The lowest BCUT2D eigenvalue weighted by atomic mass is 9.47. The fraction of sp³-hybridized carbons (Fsp3) is 0.704. The van der Waals surface area contributed by atoms with Crippen LogP contribution in [0.5, 0.6) is 0 Å². The van der Waals surface area contributed by atoms with Crippen LogP contribution in [0.1, 0.15) is 71.6 Å². The van der Waals surface area contributed by atoms with E-state index in [9.17, 15) is 4.79 Å². The minimum atomic E-state index is 0.0294. The van der Waals surface area contributed by atoms with E-state index >= 15 is 0 Å². The molecule has 1 saturated heterocycles. The second kappa shape index (κ2) is 7.02. The van der Waals surface area contributed by atoms with Crippen LogP contribution in [0, 0.1) is 34.5 Å². The van der Waals surface area contributed by atoms with Gasteiger partial charge in [0.2, 0.25) is 0 Å². The number of likely N-dealkylation sites (tertiary alicyclic amines) is 1. The van der Waals surface area contributed by atoms with Crippen LogP contribution in [0.25, 0.3) is 0 Å². The van der Waals surface area contributed by atoms with Crippen LogP contribution in [-0.4, -0.2) is 23.8 Å². The van der Waals surface area contributed by atoms with Crippen LogP contribution < -0.4 is 0 Å². The Bertz CT molecular complexity index is 808. The van der Waals surface area contributed by atoms with E-state index in [0.29, 0.717) is 23.0 Å². The molecular formula is C27H37NO. The molecule has 5 rings (SSSR count). The first-order valence-corrected chi connectivity index (χ1v) is 12.0. The zero-order valence-corrected chi connectivity index (χ0v) is 18.4. The van der Waals surface area contributed by atoms with Gasteiger partial charge in [-0.3, -0.25) is 4.79 Å². The average Bonchev–Trinajstić information content (AvgIpc) is 3.35. The molecule has 3 fully saturated rings. The van der Waals surface area contributed by atoms with Gasteiger partial charge in [-0.2, -0.15) is 0 Å². The summed E-state index contributed by atoms with van der Waals surface area (Å²) in [6.45, 7) is 10.8. The van der Waals surface area contributed by atoms with E-state index in [1.165, 1.54) is 58.0 Å². The largest absolute Gasteiger partial charge is 0.375 e. The molecule has 4 aliphatic carbocycles. The van der Waals surface area contributed by atoms with E-state index in [2.05, 4.69) is 42.4 Å². The van der Waals surface area contributed by atoms with Crippen molar-refractivity contribution in [3.05, 3.63) is 41.8 Å². The first-order chi connectivity index (χ1) is 14.0. The lowest BCUT2D eigenvalue weighted by Gasteiger charge is -2.57. The van der Waals surface area contributed by atoms with Crippen molar-refractivity contribution in [2.75, 3.05) is 13.1 Å². The fourth-order valence-corrected chi connectivity index (χ4v) is 8.34. The lowest BCUT2D eigenvalue weighted by Crippen LogP contribution is -2.50. The first-order valence-electron chi connectivity index (χ1n) is 12.0. The summed E-state index contributed by atoms with van der Waals surface area (Å²) in [7, 11) is 0. The molecule has 0 amide bonds. The van der Waals surface area contributed by atoms with Crippen molar-refractivity contribution in [1.29, 1.82) is 0 Å². The maximum Gasteiger partial charge on any atom is 0.133 e. The molecule has 0 radical (unpaired) electrons. The number of nitrogens with zero attached hydrogens (tertiary/aromatic N) is 1. The average molecular weight is 392 g/mol. The third kappa shape index (κ3) is 2.78. The van der Waals surface area contributed by atoms with Crippen LogP contribution in [-0.2, 0) is 4.79 Å². The Morgan fingerprint density at radius 1 is 1.21 bits per heavy atom. The number of hydrogen-bond acceptors (Lipinski definition) is 2. The van der Waals surface area contributed by atoms with Gasteiger partial charge in [-0.15, -0.1) is 5.73 Å². The van der Waals surface area contributed by atoms with Crippen LogP contribution in [0.2, 0.25) is 0 Å². The number of ketones is 1. The van der Waals surface area contributed by atoms with Gasteiger partial charge in [-0.1, -0.05) is 19.6 Å². The van der Waals surface area contributed by atoms with Gasteiger partial charge in [0.05, 0.1) is 0 Å². The molecule has 6 atom stereocenters. The highest BCUT2D eigenvalue weighted by Gasteiger charge is 2.60. The molecule has 1 aliphatic heterocycles. The maximum atomic E-state index is 12.5. The molecule has 156 valence electrons. The highest BCUT2D eigenvalue weighted by Crippen LogP contribution is 2.66. The van der Waals surface area contributed by atoms with E-state index in [-0.39, 0.29) is 11.3 Å². The molecule has 0 aromatic carbocycles. The topological polar surface area (TPSA) is 20.3 Å². The second-order valence-corrected chi connectivity index (χ2v) is 10.8. The van der Waals surface area contributed by atoms with Crippen molar-refractivity contribution >= 4 is 5.78 Å². The van der Waals surface area contributed by atoms with Gasteiger partial charge in [0, 0.05) is 30.1 Å². The van der Waals surface area contributed by atoms with Crippen molar-refractivity contribution in [2.45, 2.75) is 71.6 Å². The molecule has 2 heteroatoms. The Morgan fingerprint density at radius 3 is 2.72 bits per heavy atom. The van der Waals surface area contributed by atoms with E-state index in [4.69, 9.17) is 0 Å². The molecular weight excluding hydrogens is 354 g/mol. The molecule has 0 aromatic rings. The van der Waals surface area contributed by atoms with Crippen molar-refractivity contribution in [3.63, 3.8) is 0 Å². The van der Waals surface area contributed by atoms with Crippen LogP contribution in [0.15, 0.2) is 41.8 Å². The van der Waals surface area contributed by atoms with E-state index < -0.39 is 0 Å². The quantitative estimate of drug-likeness (QED) is 0.545. The van der Waals surface area contributed by atoms with E-state index in [1.54, 1.807) is 11.3 Å². The number of carbonyl (C=O) groups is 1. The minimum Gasteiger partial charge on any atom is -0.375 e. The minimum absolute atomic E-state index is 0.0294. The molecule has 0 bridgehead atoms. The van der Waals surface area contributed by atoms with Gasteiger partial charge in [0.15, 0.2) is 0 Å². The van der Waals surface area contributed by atoms with Crippen molar-refractivity contribution < 1.29 is 4.79 Å². The van der Waals surface area contributed by atoms with Crippen molar-refractivity contribution in [2.24, 2.45) is 34.5 Å². The second-order valence-electron chi connectivity index (χ2n) is 10.8. The highest BCUT2D eigenvalue weighted by atomic mass is 16.1. The lowest BCUT2D eigenvalue weighted by molar-refractivity contribution is -0.125. The van der Waals surface area contributed by atoms with Crippen LogP contribution in [0.4, 0.5) is 0 Å². The van der Waals surface area contributed by atoms with E-state index in [0.717, 1.165) is 18.8 Å². The Balaban J connectivity index is 1.48. The van der Waals surface area contributed by atoms with Gasteiger partial charge in [-0.25, -0.2) is 0 Å². The van der Waals surface area contributed by atoms with E-state index in [1.807, 2.05) is 6.92 Å². The molecule has 0 N–H and O–H groups in total. The third-order valence-corrected chi connectivity index (χ3v) is 9.71. The fourth-order valence-electron chi connectivity index (χ4n) is 8.34. The zero-order chi connectivity index (χ0) is 20.2. The molecule has 0 unspecified atom stereocenters. The molecule has 5 aliphatic rings. The van der Waals surface area contributed by atoms with Gasteiger partial charge in [0.1, 0.15) is 5.78 Å². The monoisotopic (exact) mass is 391 g/mol. The first kappa shape index (κ1) is 19.4. The predicted molar refractivity (Wildman–Crippen MR) is 118 cm³/mol. The number of rotatable bonds is 3. The van der Waals surface area contributed by atoms with Gasteiger partial charge >= 0.3 is 0 Å². The molecule has 0 aromatic heterocycles. The summed E-state index contributed by atoms with van der Waals surface area (Å²) in [4.78, 5) is 15.1. The van der Waals surface area contributed by atoms with Crippen LogP contribution in [0.3, 0.4) is 0 Å². The summed E-state index contributed by atoms with van der Waals surface area (Å²) in [6.07, 6.45) is 18.5. The summed E-state index contributed by atoms with van der Waals surface area (Å²) in [6, 6.07) is 0. The van der Waals surface area contributed by atoms with Gasteiger partial charge in [0.25, 0.3) is 0 Å². The Morgan fingerprint density at radius 2 is 2.00 bits per heavy atom. The number of carbonyl (C=O) groups excluding carboxylic acids is 1. The summed E-state index contributed by atoms with van der Waals surface area (Å²) in [5.41, 5.74) is 6.70. The SMILES string of the molecule is C=C=C[C@]12CC[C@H]3[C@@H](CC=C4C=C(N5CCCC5)CC[C@@]43C)[C@@H]1CC[C@@H]2C(C)=O. The molecule has 2 nitrogen and oxygen atoms in total. The normalized spacial score (nSPS) is 43.4. The number of Topliss-reactive ketones (excluding diaryl/α,β-unsaturated/α-hetero) is 1. The number of hydrogen-bond donors (Lipinski definition) is 0. The smallest absolute Gasteiger partial charge is 0.133 e. The van der Waals surface area contributed by atoms with Gasteiger partial charge in [-0.05, 0) is 106 Å². The van der Waals surface area contributed by atoms with Gasteiger partial charge < -0.3 is 4.90 Å².